The number of hydrogen-bond donors (Lipinski definition) is 1. The highest BCUT2D eigenvalue weighted by Gasteiger charge is 2.31. The number of ether oxygens (including phenoxy) is 1. The first kappa shape index (κ1) is 11.3. The maximum atomic E-state index is 5.33. The van der Waals surface area contributed by atoms with E-state index in [0.29, 0.717) is 6.04 Å². The molecular weight excluding hydrogens is 208 g/mol. The average Bonchev–Trinajstić information content (AvgIpc) is 2.63. The second-order valence-corrected chi connectivity index (χ2v) is 5.57. The Morgan fingerprint density at radius 2 is 2.27 bits per heavy atom. The van der Waals surface area contributed by atoms with Crippen LogP contribution in [0.4, 0.5) is 0 Å². The standard InChI is InChI=1S/C11H20N2OS/c1-3-11(2)8-15-10(13-11)12-9-4-6-14-7-5-9/h9H,3-8H2,1-2H3,(H,12,13). The van der Waals surface area contributed by atoms with E-state index in [1.165, 1.54) is 0 Å². The van der Waals surface area contributed by atoms with E-state index < -0.39 is 0 Å². The second kappa shape index (κ2) is 4.74. The Hall–Kier alpha value is -0.220. The molecule has 0 spiro atoms. The first-order valence-corrected chi connectivity index (χ1v) is 6.77. The van der Waals surface area contributed by atoms with Crippen molar-refractivity contribution in [2.75, 3.05) is 19.0 Å². The molecule has 0 aromatic heterocycles. The summed E-state index contributed by atoms with van der Waals surface area (Å²) in [7, 11) is 0. The van der Waals surface area contributed by atoms with Crippen LogP contribution in [0.1, 0.15) is 33.1 Å². The van der Waals surface area contributed by atoms with Crippen molar-refractivity contribution in [3.8, 4) is 0 Å². The van der Waals surface area contributed by atoms with Crippen molar-refractivity contribution in [1.29, 1.82) is 0 Å². The van der Waals surface area contributed by atoms with Crippen molar-refractivity contribution in [2.45, 2.75) is 44.7 Å². The molecule has 0 aliphatic carbocycles. The van der Waals surface area contributed by atoms with Crippen LogP contribution in [0, 0.1) is 0 Å². The minimum absolute atomic E-state index is 0.259. The fraction of sp³-hybridized carbons (Fsp3) is 0.909. The molecule has 0 saturated carbocycles. The Balaban J connectivity index is 1.91. The van der Waals surface area contributed by atoms with Gasteiger partial charge in [-0.2, -0.15) is 0 Å². The number of aliphatic imine (C=N–C) groups is 1. The number of nitrogens with one attached hydrogen (secondary N) is 1. The number of nitrogens with zero attached hydrogens (tertiary/aromatic N) is 1. The average molecular weight is 228 g/mol. The first-order chi connectivity index (χ1) is 7.22. The third-order valence-corrected chi connectivity index (χ3v) is 4.47. The molecule has 0 aromatic rings. The van der Waals surface area contributed by atoms with E-state index in [1.54, 1.807) is 0 Å². The van der Waals surface area contributed by atoms with Crippen LogP contribution < -0.4 is 5.32 Å². The molecule has 0 bridgehead atoms. The van der Waals surface area contributed by atoms with Crippen molar-refractivity contribution in [1.82, 2.24) is 5.32 Å². The lowest BCUT2D eigenvalue weighted by atomic mass is 10.0. The van der Waals surface area contributed by atoms with Crippen LogP contribution >= 0.6 is 11.8 Å². The van der Waals surface area contributed by atoms with Crippen LogP contribution in [0.5, 0.6) is 0 Å². The summed E-state index contributed by atoms with van der Waals surface area (Å²) in [4.78, 5) is 4.77. The Morgan fingerprint density at radius 1 is 1.53 bits per heavy atom. The zero-order valence-corrected chi connectivity index (χ0v) is 10.4. The van der Waals surface area contributed by atoms with E-state index in [0.717, 1.165) is 43.4 Å². The van der Waals surface area contributed by atoms with Crippen molar-refractivity contribution in [2.24, 2.45) is 4.99 Å². The molecule has 2 heterocycles. The summed E-state index contributed by atoms with van der Waals surface area (Å²) in [6.45, 7) is 6.24. The molecule has 0 amide bonds. The molecule has 3 nitrogen and oxygen atoms in total. The second-order valence-electron chi connectivity index (χ2n) is 4.61. The predicted octanol–water partition coefficient (Wildman–Crippen LogP) is 2.03. The topological polar surface area (TPSA) is 33.6 Å². The van der Waals surface area contributed by atoms with E-state index in [4.69, 9.17) is 9.73 Å². The molecule has 0 radical (unpaired) electrons. The molecular formula is C11H20N2OS. The lowest BCUT2D eigenvalue weighted by Crippen LogP contribution is -2.40. The van der Waals surface area contributed by atoms with Gasteiger partial charge in [-0.05, 0) is 26.2 Å². The highest BCUT2D eigenvalue weighted by atomic mass is 32.2. The van der Waals surface area contributed by atoms with Crippen molar-refractivity contribution < 1.29 is 4.74 Å². The molecule has 2 aliphatic rings. The Labute approximate surface area is 96.1 Å². The van der Waals surface area contributed by atoms with Gasteiger partial charge in [-0.1, -0.05) is 18.7 Å². The quantitative estimate of drug-likeness (QED) is 0.785. The Morgan fingerprint density at radius 3 is 2.87 bits per heavy atom. The van der Waals surface area contributed by atoms with Crippen LogP contribution in [0.3, 0.4) is 0 Å². The van der Waals surface area contributed by atoms with Crippen LogP contribution in [0.2, 0.25) is 0 Å². The number of amidine groups is 1. The van der Waals surface area contributed by atoms with Gasteiger partial charge < -0.3 is 10.1 Å². The van der Waals surface area contributed by atoms with Gasteiger partial charge in [-0.3, -0.25) is 4.99 Å². The fourth-order valence-corrected chi connectivity index (χ4v) is 3.07. The zero-order valence-electron chi connectivity index (χ0n) is 9.58. The maximum Gasteiger partial charge on any atom is 0.157 e. The van der Waals surface area contributed by atoms with Crippen LogP contribution in [0.15, 0.2) is 4.99 Å². The molecule has 2 fully saturated rings. The van der Waals surface area contributed by atoms with Gasteiger partial charge in [-0.25, -0.2) is 0 Å². The molecule has 4 heteroatoms. The molecule has 86 valence electrons. The minimum atomic E-state index is 0.259. The maximum absolute atomic E-state index is 5.33. The summed E-state index contributed by atoms with van der Waals surface area (Å²) in [6, 6.07) is 0.480. The van der Waals surface area contributed by atoms with Gasteiger partial charge in [0.15, 0.2) is 5.17 Å². The summed E-state index contributed by atoms with van der Waals surface area (Å²) in [5.74, 6) is 1.14. The number of hydrogen-bond acceptors (Lipinski definition) is 3. The highest BCUT2D eigenvalue weighted by molar-refractivity contribution is 8.14. The first-order valence-electron chi connectivity index (χ1n) is 5.78. The fourth-order valence-electron chi connectivity index (χ4n) is 1.80. The monoisotopic (exact) mass is 228 g/mol. The van der Waals surface area contributed by atoms with Crippen molar-refractivity contribution in [3.63, 3.8) is 0 Å². The Kier molecular flexibility index (Phi) is 3.57. The lowest BCUT2D eigenvalue weighted by molar-refractivity contribution is 0.0871. The molecule has 2 aliphatic heterocycles. The van der Waals surface area contributed by atoms with Gasteiger partial charge in [0.1, 0.15) is 0 Å². The molecule has 1 unspecified atom stereocenters. The highest BCUT2D eigenvalue weighted by Crippen LogP contribution is 2.26. The summed E-state index contributed by atoms with van der Waals surface area (Å²) < 4.78 is 5.33. The van der Waals surface area contributed by atoms with Gasteiger partial charge in [-0.15, -0.1) is 0 Å². The number of rotatable bonds is 2. The van der Waals surface area contributed by atoms with Gasteiger partial charge >= 0.3 is 0 Å². The molecule has 0 aromatic carbocycles. The van der Waals surface area contributed by atoms with E-state index in [2.05, 4.69) is 19.2 Å². The third kappa shape index (κ3) is 2.88. The predicted molar refractivity (Wildman–Crippen MR) is 65.6 cm³/mol. The van der Waals surface area contributed by atoms with Crippen molar-refractivity contribution >= 4 is 16.9 Å². The van der Waals surface area contributed by atoms with E-state index in [1.807, 2.05) is 11.8 Å². The largest absolute Gasteiger partial charge is 0.381 e. The molecule has 2 rings (SSSR count). The van der Waals surface area contributed by atoms with E-state index in [9.17, 15) is 0 Å². The SMILES string of the molecule is CCC1(C)CSC(=NC2CCOCC2)N1. The van der Waals surface area contributed by atoms with Gasteiger partial charge in [0.05, 0.1) is 6.04 Å². The molecule has 1 N–H and O–H groups in total. The van der Waals surface area contributed by atoms with Crippen molar-refractivity contribution in [3.05, 3.63) is 0 Å². The lowest BCUT2D eigenvalue weighted by Gasteiger charge is -2.22. The van der Waals surface area contributed by atoms with Gasteiger partial charge in [0, 0.05) is 24.5 Å². The van der Waals surface area contributed by atoms with E-state index >= 15 is 0 Å². The minimum Gasteiger partial charge on any atom is -0.381 e. The van der Waals surface area contributed by atoms with Crippen LogP contribution in [0.25, 0.3) is 0 Å². The summed E-state index contributed by atoms with van der Waals surface area (Å²) in [5, 5.41) is 4.68. The molecule has 15 heavy (non-hydrogen) atoms. The summed E-state index contributed by atoms with van der Waals surface area (Å²) >= 11 is 1.87. The van der Waals surface area contributed by atoms with E-state index in [-0.39, 0.29) is 5.54 Å². The third-order valence-electron chi connectivity index (χ3n) is 3.21. The normalized spacial score (nSPS) is 35.7. The summed E-state index contributed by atoms with van der Waals surface area (Å²) in [6.07, 6.45) is 3.32. The summed E-state index contributed by atoms with van der Waals surface area (Å²) in [5.41, 5.74) is 0.259. The zero-order chi connectivity index (χ0) is 10.7. The van der Waals surface area contributed by atoms with Gasteiger partial charge in [0.25, 0.3) is 0 Å². The smallest absolute Gasteiger partial charge is 0.157 e. The van der Waals surface area contributed by atoms with Crippen LogP contribution in [-0.2, 0) is 4.74 Å². The van der Waals surface area contributed by atoms with Crippen LogP contribution in [-0.4, -0.2) is 35.7 Å². The molecule has 1 atom stereocenters. The van der Waals surface area contributed by atoms with Gasteiger partial charge in [0.2, 0.25) is 0 Å². The Bertz CT molecular complexity index is 251. The molecule has 2 saturated heterocycles. The number of thioether (sulfide) groups is 1.